The van der Waals surface area contributed by atoms with Gasteiger partial charge in [-0.2, -0.15) is 10.5 Å². The normalized spacial score (nSPS) is 23.5. The molecule has 8 nitrogen and oxygen atoms in total. The zero-order valence-electron chi connectivity index (χ0n) is 18.6. The van der Waals surface area contributed by atoms with Crippen molar-refractivity contribution in [3.05, 3.63) is 0 Å². The third kappa shape index (κ3) is 6.13. The first kappa shape index (κ1) is 23.5. The molecule has 0 saturated heterocycles. The zero-order chi connectivity index (χ0) is 22.7. The van der Waals surface area contributed by atoms with E-state index in [1.54, 1.807) is 41.5 Å². The quantitative estimate of drug-likeness (QED) is 0.636. The van der Waals surface area contributed by atoms with Gasteiger partial charge in [-0.25, -0.2) is 0 Å². The first-order chi connectivity index (χ1) is 13.8. The van der Waals surface area contributed by atoms with E-state index in [1.807, 2.05) is 12.1 Å². The first-order valence-electron chi connectivity index (χ1n) is 10.2. The number of nitriles is 2. The summed E-state index contributed by atoms with van der Waals surface area (Å²) in [5, 5.41) is 18.9. The molecule has 1 unspecified atom stereocenters. The van der Waals surface area contributed by atoms with Crippen LogP contribution in [0, 0.1) is 34.5 Å². The van der Waals surface area contributed by atoms with Gasteiger partial charge >= 0.3 is 11.9 Å². The Hall–Kier alpha value is -2.74. The van der Waals surface area contributed by atoms with E-state index in [-0.39, 0.29) is 12.1 Å². The van der Waals surface area contributed by atoms with Gasteiger partial charge in [-0.3, -0.25) is 19.6 Å². The van der Waals surface area contributed by atoms with Gasteiger partial charge in [-0.05, 0) is 67.2 Å². The average Bonchev–Trinajstić information content (AvgIpc) is 3.22. The number of hydrogen-bond donors (Lipinski definition) is 0. The highest BCUT2D eigenvalue weighted by atomic mass is 16.6. The molecule has 0 aromatic carbocycles. The standard InChI is InChI=1S/C22H30N4O4/c1-21(2,3)29-19(27)13(11-23)15-7-9-17(25-15)18-10-8-16(26-18)14(12-24)20(28)30-22(4,5)6/h13-14,17-18H,7-10H2,1-6H3/t13-,14?,17-,18+/m1/s1. The van der Waals surface area contributed by atoms with Crippen molar-refractivity contribution in [1.82, 2.24) is 0 Å². The maximum absolute atomic E-state index is 12.3. The number of rotatable bonds is 5. The molecule has 0 aromatic rings. The summed E-state index contributed by atoms with van der Waals surface area (Å²) in [6, 6.07) is 3.66. The summed E-state index contributed by atoms with van der Waals surface area (Å²) in [6.07, 6.45) is 2.39. The Morgan fingerprint density at radius 2 is 1.17 bits per heavy atom. The number of esters is 2. The molecule has 162 valence electrons. The fourth-order valence-corrected chi connectivity index (χ4v) is 3.52. The molecule has 2 aliphatic heterocycles. The Labute approximate surface area is 178 Å². The lowest BCUT2D eigenvalue weighted by molar-refractivity contribution is -0.156. The van der Waals surface area contributed by atoms with Gasteiger partial charge in [0.15, 0.2) is 11.8 Å². The number of carbonyl (C=O) groups excluding carboxylic acids is 2. The van der Waals surface area contributed by atoms with Crippen molar-refractivity contribution >= 4 is 23.4 Å². The molecule has 0 saturated carbocycles. The molecule has 8 heteroatoms. The van der Waals surface area contributed by atoms with Crippen molar-refractivity contribution in [2.24, 2.45) is 21.8 Å². The van der Waals surface area contributed by atoms with Gasteiger partial charge < -0.3 is 9.47 Å². The van der Waals surface area contributed by atoms with Gasteiger partial charge in [0.05, 0.1) is 24.2 Å². The minimum Gasteiger partial charge on any atom is -0.459 e. The minimum absolute atomic E-state index is 0.172. The number of hydrogen-bond acceptors (Lipinski definition) is 8. The molecule has 0 fully saturated rings. The molecule has 0 radical (unpaired) electrons. The SMILES string of the molecule is CC(C)(C)OC(=O)C(C#N)C1=N[C@H]([C@H]2CCC([C@@H](C#N)C(=O)OC(C)(C)C)=N2)CC1. The molecule has 0 spiro atoms. The Kier molecular flexibility index (Phi) is 7.02. The van der Waals surface area contributed by atoms with Crippen LogP contribution in [0.3, 0.4) is 0 Å². The summed E-state index contributed by atoms with van der Waals surface area (Å²) in [5.74, 6) is -3.22. The Bertz CT molecular complexity index is 763. The number of nitrogens with zero attached hydrogens (tertiary/aromatic N) is 4. The van der Waals surface area contributed by atoms with Crippen LogP contribution < -0.4 is 0 Å². The van der Waals surface area contributed by atoms with Gasteiger partial charge in [0.25, 0.3) is 0 Å². The number of aliphatic imine (C=N–C) groups is 2. The van der Waals surface area contributed by atoms with Gasteiger partial charge in [0.1, 0.15) is 11.2 Å². The van der Waals surface area contributed by atoms with Gasteiger partial charge in [-0.15, -0.1) is 0 Å². The summed E-state index contributed by atoms with van der Waals surface area (Å²) in [4.78, 5) is 33.9. The van der Waals surface area contributed by atoms with E-state index in [9.17, 15) is 20.1 Å². The van der Waals surface area contributed by atoms with E-state index in [0.717, 1.165) is 0 Å². The summed E-state index contributed by atoms with van der Waals surface area (Å²) >= 11 is 0. The smallest absolute Gasteiger partial charge is 0.329 e. The molecule has 0 N–H and O–H groups in total. The third-order valence-electron chi connectivity index (χ3n) is 4.71. The fourth-order valence-electron chi connectivity index (χ4n) is 3.52. The Morgan fingerprint density at radius 1 is 0.833 bits per heavy atom. The van der Waals surface area contributed by atoms with E-state index in [1.165, 1.54) is 0 Å². The molecule has 2 heterocycles. The summed E-state index contributed by atoms with van der Waals surface area (Å²) in [5.41, 5.74) is -0.319. The summed E-state index contributed by atoms with van der Waals surface area (Å²) < 4.78 is 10.7. The van der Waals surface area contributed by atoms with Crippen LogP contribution in [0.25, 0.3) is 0 Å². The number of carbonyl (C=O) groups is 2. The van der Waals surface area contributed by atoms with E-state index in [0.29, 0.717) is 37.1 Å². The summed E-state index contributed by atoms with van der Waals surface area (Å²) in [7, 11) is 0. The van der Waals surface area contributed by atoms with Crippen LogP contribution in [-0.4, -0.2) is 46.6 Å². The highest BCUT2D eigenvalue weighted by Crippen LogP contribution is 2.30. The van der Waals surface area contributed by atoms with Crippen molar-refractivity contribution < 1.29 is 19.1 Å². The fraction of sp³-hybridized carbons (Fsp3) is 0.727. The van der Waals surface area contributed by atoms with Gasteiger partial charge in [-0.1, -0.05) is 0 Å². The van der Waals surface area contributed by atoms with Crippen LogP contribution in [-0.2, 0) is 19.1 Å². The van der Waals surface area contributed by atoms with Crippen LogP contribution in [0.5, 0.6) is 0 Å². The first-order valence-corrected chi connectivity index (χ1v) is 10.2. The van der Waals surface area contributed by atoms with Gasteiger partial charge in [0.2, 0.25) is 0 Å². The molecule has 0 amide bonds. The molecule has 0 aliphatic carbocycles. The second-order valence-electron chi connectivity index (χ2n) is 9.64. The van der Waals surface area contributed by atoms with Crippen LogP contribution in [0.15, 0.2) is 9.98 Å². The van der Waals surface area contributed by atoms with E-state index < -0.39 is 35.0 Å². The second kappa shape index (κ2) is 8.95. The van der Waals surface area contributed by atoms with Crippen LogP contribution in [0.2, 0.25) is 0 Å². The average molecular weight is 415 g/mol. The topological polar surface area (TPSA) is 125 Å². The highest BCUT2D eigenvalue weighted by molar-refractivity contribution is 6.06. The molecule has 30 heavy (non-hydrogen) atoms. The molecule has 0 aromatic heterocycles. The molecule has 0 bridgehead atoms. The Balaban J connectivity index is 2.11. The highest BCUT2D eigenvalue weighted by Gasteiger charge is 2.38. The van der Waals surface area contributed by atoms with Crippen LogP contribution >= 0.6 is 0 Å². The van der Waals surface area contributed by atoms with E-state index in [2.05, 4.69) is 9.98 Å². The van der Waals surface area contributed by atoms with Crippen molar-refractivity contribution in [3.8, 4) is 12.1 Å². The Morgan fingerprint density at radius 3 is 1.43 bits per heavy atom. The molecule has 2 aliphatic rings. The zero-order valence-corrected chi connectivity index (χ0v) is 18.6. The van der Waals surface area contributed by atoms with Crippen molar-refractivity contribution in [3.63, 3.8) is 0 Å². The van der Waals surface area contributed by atoms with Crippen LogP contribution in [0.4, 0.5) is 0 Å². The summed E-state index contributed by atoms with van der Waals surface area (Å²) in [6.45, 7) is 10.5. The molecular formula is C22H30N4O4. The van der Waals surface area contributed by atoms with Gasteiger partial charge in [0, 0.05) is 11.4 Å². The van der Waals surface area contributed by atoms with E-state index in [4.69, 9.17) is 9.47 Å². The second-order valence-corrected chi connectivity index (χ2v) is 9.64. The molecule has 4 atom stereocenters. The van der Waals surface area contributed by atoms with Crippen molar-refractivity contribution in [1.29, 1.82) is 10.5 Å². The predicted octanol–water partition coefficient (Wildman–Crippen LogP) is 3.16. The lowest BCUT2D eigenvalue weighted by Gasteiger charge is -2.21. The third-order valence-corrected chi connectivity index (χ3v) is 4.71. The van der Waals surface area contributed by atoms with E-state index >= 15 is 0 Å². The number of ether oxygens (including phenoxy) is 2. The van der Waals surface area contributed by atoms with Crippen molar-refractivity contribution in [2.75, 3.05) is 0 Å². The molecular weight excluding hydrogens is 384 g/mol. The monoisotopic (exact) mass is 414 g/mol. The predicted molar refractivity (Wildman–Crippen MR) is 111 cm³/mol. The largest absolute Gasteiger partial charge is 0.459 e. The van der Waals surface area contributed by atoms with Crippen LogP contribution in [0.1, 0.15) is 67.2 Å². The maximum Gasteiger partial charge on any atom is 0.329 e. The van der Waals surface area contributed by atoms with Crippen molar-refractivity contribution in [2.45, 2.75) is 90.5 Å². The molecule has 2 rings (SSSR count). The minimum atomic E-state index is -1.02. The lowest BCUT2D eigenvalue weighted by atomic mass is 9.99. The maximum atomic E-state index is 12.3. The lowest BCUT2D eigenvalue weighted by Crippen LogP contribution is -2.31.